The van der Waals surface area contributed by atoms with E-state index in [-0.39, 0.29) is 5.97 Å². The Morgan fingerprint density at radius 2 is 2.41 bits per heavy atom. The highest BCUT2D eigenvalue weighted by Crippen LogP contribution is 2.23. The van der Waals surface area contributed by atoms with E-state index in [0.717, 1.165) is 25.2 Å². The Morgan fingerprint density at radius 1 is 1.59 bits per heavy atom. The zero-order valence-corrected chi connectivity index (χ0v) is 10.4. The molecule has 0 aromatic heterocycles. The van der Waals surface area contributed by atoms with Crippen LogP contribution in [0.4, 0.5) is 5.69 Å². The van der Waals surface area contributed by atoms with E-state index in [9.17, 15) is 4.79 Å². The highest BCUT2D eigenvalue weighted by atomic mass is 35.5. The van der Waals surface area contributed by atoms with Crippen LogP contribution < -0.4 is 10.6 Å². The largest absolute Gasteiger partial charge is 0.465 e. The lowest BCUT2D eigenvalue weighted by Gasteiger charge is -2.16. The van der Waals surface area contributed by atoms with Crippen LogP contribution in [0.15, 0.2) is 18.2 Å². The molecule has 2 rings (SSSR count). The molecule has 1 saturated heterocycles. The second kappa shape index (κ2) is 5.38. The van der Waals surface area contributed by atoms with Gasteiger partial charge in [0.05, 0.1) is 18.4 Å². The average molecular weight is 255 g/mol. The fourth-order valence-corrected chi connectivity index (χ4v) is 2.09. The summed E-state index contributed by atoms with van der Waals surface area (Å²) in [5, 5.41) is 7.18. The van der Waals surface area contributed by atoms with Gasteiger partial charge in [0.25, 0.3) is 0 Å². The summed E-state index contributed by atoms with van der Waals surface area (Å²) in [6.07, 6.45) is 1.03. The van der Waals surface area contributed by atoms with Gasteiger partial charge in [-0.1, -0.05) is 11.6 Å². The minimum atomic E-state index is -0.352. The Kier molecular flexibility index (Phi) is 3.86. The van der Waals surface area contributed by atoms with Gasteiger partial charge in [0, 0.05) is 17.6 Å². The first kappa shape index (κ1) is 12.2. The molecule has 4 nitrogen and oxygen atoms in total. The van der Waals surface area contributed by atoms with Crippen molar-refractivity contribution in [1.29, 1.82) is 0 Å². The number of hydrogen-bond acceptors (Lipinski definition) is 4. The number of esters is 1. The van der Waals surface area contributed by atoms with Crippen LogP contribution in [0.5, 0.6) is 0 Å². The number of ether oxygens (including phenoxy) is 1. The first-order valence-corrected chi connectivity index (χ1v) is 5.93. The Balaban J connectivity index is 2.22. The van der Waals surface area contributed by atoms with Crippen LogP contribution in [0, 0.1) is 0 Å². The van der Waals surface area contributed by atoms with Crippen molar-refractivity contribution in [1.82, 2.24) is 5.32 Å². The standard InChI is InChI=1S/C12H15ClN2O2/c1-17-12(16)10-3-2-8(13)6-11(10)15-9-4-5-14-7-9/h2-3,6,9,14-15H,4-5,7H2,1H3. The quantitative estimate of drug-likeness (QED) is 0.809. The zero-order valence-electron chi connectivity index (χ0n) is 9.63. The number of rotatable bonds is 3. The van der Waals surface area contributed by atoms with Crippen LogP contribution >= 0.6 is 11.6 Å². The molecule has 2 N–H and O–H groups in total. The van der Waals surface area contributed by atoms with Gasteiger partial charge in [0.1, 0.15) is 0 Å². The van der Waals surface area contributed by atoms with Gasteiger partial charge in [0.2, 0.25) is 0 Å². The second-order valence-electron chi connectivity index (χ2n) is 4.02. The summed E-state index contributed by atoms with van der Waals surface area (Å²) in [5.41, 5.74) is 1.25. The van der Waals surface area contributed by atoms with Gasteiger partial charge in [-0.2, -0.15) is 0 Å². The van der Waals surface area contributed by atoms with E-state index in [1.807, 2.05) is 0 Å². The van der Waals surface area contributed by atoms with Crippen molar-refractivity contribution >= 4 is 23.3 Å². The number of halogens is 1. The first-order valence-electron chi connectivity index (χ1n) is 5.56. The molecule has 1 fully saturated rings. The topological polar surface area (TPSA) is 50.4 Å². The molecule has 0 spiro atoms. The third-order valence-electron chi connectivity index (χ3n) is 2.81. The predicted molar refractivity (Wildman–Crippen MR) is 67.7 cm³/mol. The molecule has 0 aliphatic carbocycles. The second-order valence-corrected chi connectivity index (χ2v) is 4.45. The van der Waals surface area contributed by atoms with Crippen molar-refractivity contribution in [2.45, 2.75) is 12.5 Å². The fourth-order valence-electron chi connectivity index (χ4n) is 1.92. The molecule has 1 unspecified atom stereocenters. The van der Waals surface area contributed by atoms with Gasteiger partial charge in [0.15, 0.2) is 0 Å². The molecule has 0 saturated carbocycles. The Labute approximate surface area is 105 Å². The maximum absolute atomic E-state index is 11.6. The predicted octanol–water partition coefficient (Wildman–Crippen LogP) is 1.90. The van der Waals surface area contributed by atoms with E-state index in [1.54, 1.807) is 18.2 Å². The SMILES string of the molecule is COC(=O)c1ccc(Cl)cc1NC1CCNC1. The zero-order chi connectivity index (χ0) is 12.3. The van der Waals surface area contributed by atoms with Crippen LogP contribution in [0.3, 0.4) is 0 Å². The average Bonchev–Trinajstić information content (AvgIpc) is 2.81. The molecule has 92 valence electrons. The van der Waals surface area contributed by atoms with E-state index in [2.05, 4.69) is 10.6 Å². The maximum Gasteiger partial charge on any atom is 0.339 e. The summed E-state index contributed by atoms with van der Waals surface area (Å²) in [7, 11) is 1.37. The summed E-state index contributed by atoms with van der Waals surface area (Å²) in [6, 6.07) is 5.45. The molecule has 1 aromatic carbocycles. The normalized spacial score (nSPS) is 19.1. The molecular weight excluding hydrogens is 240 g/mol. The Bertz CT molecular complexity index is 417. The summed E-state index contributed by atoms with van der Waals surface area (Å²) < 4.78 is 4.74. The molecule has 0 bridgehead atoms. The number of carbonyl (C=O) groups excluding carboxylic acids is 1. The molecule has 5 heteroatoms. The van der Waals surface area contributed by atoms with Crippen molar-refractivity contribution in [3.8, 4) is 0 Å². The highest BCUT2D eigenvalue weighted by Gasteiger charge is 2.18. The van der Waals surface area contributed by atoms with Gasteiger partial charge in [-0.05, 0) is 31.2 Å². The van der Waals surface area contributed by atoms with Crippen LogP contribution in [0.1, 0.15) is 16.8 Å². The van der Waals surface area contributed by atoms with Gasteiger partial charge in [-0.25, -0.2) is 4.79 Å². The fraction of sp³-hybridized carbons (Fsp3) is 0.417. The van der Waals surface area contributed by atoms with Crippen LogP contribution in [0.2, 0.25) is 5.02 Å². The summed E-state index contributed by atoms with van der Waals surface area (Å²) in [6.45, 7) is 1.89. The van der Waals surface area contributed by atoms with Crippen molar-refractivity contribution in [2.24, 2.45) is 0 Å². The Hall–Kier alpha value is -1.26. The van der Waals surface area contributed by atoms with Crippen molar-refractivity contribution in [3.05, 3.63) is 28.8 Å². The first-order chi connectivity index (χ1) is 8.20. The molecule has 1 atom stereocenters. The highest BCUT2D eigenvalue weighted by molar-refractivity contribution is 6.31. The van der Waals surface area contributed by atoms with Crippen LogP contribution in [0.25, 0.3) is 0 Å². The van der Waals surface area contributed by atoms with Crippen molar-refractivity contribution in [3.63, 3.8) is 0 Å². The third kappa shape index (κ3) is 2.90. The maximum atomic E-state index is 11.6. The number of carbonyl (C=O) groups is 1. The van der Waals surface area contributed by atoms with E-state index < -0.39 is 0 Å². The minimum Gasteiger partial charge on any atom is -0.465 e. The van der Waals surface area contributed by atoms with Crippen molar-refractivity contribution in [2.75, 3.05) is 25.5 Å². The van der Waals surface area contributed by atoms with Crippen molar-refractivity contribution < 1.29 is 9.53 Å². The van der Waals surface area contributed by atoms with Gasteiger partial charge in [-0.3, -0.25) is 0 Å². The smallest absolute Gasteiger partial charge is 0.339 e. The number of hydrogen-bond donors (Lipinski definition) is 2. The molecule has 1 aliphatic rings. The monoisotopic (exact) mass is 254 g/mol. The van der Waals surface area contributed by atoms with Crippen LogP contribution in [-0.2, 0) is 4.74 Å². The number of anilines is 1. The van der Waals surface area contributed by atoms with E-state index in [0.29, 0.717) is 16.6 Å². The number of nitrogens with one attached hydrogen (secondary N) is 2. The van der Waals surface area contributed by atoms with E-state index >= 15 is 0 Å². The molecule has 17 heavy (non-hydrogen) atoms. The van der Waals surface area contributed by atoms with E-state index in [1.165, 1.54) is 7.11 Å². The Morgan fingerprint density at radius 3 is 3.06 bits per heavy atom. The molecule has 1 aromatic rings. The number of methoxy groups -OCH3 is 1. The summed E-state index contributed by atoms with van der Waals surface area (Å²) in [5.74, 6) is -0.352. The molecule has 0 radical (unpaired) electrons. The molecule has 1 heterocycles. The summed E-state index contributed by atoms with van der Waals surface area (Å²) in [4.78, 5) is 11.6. The van der Waals surface area contributed by atoms with Gasteiger partial charge < -0.3 is 15.4 Å². The van der Waals surface area contributed by atoms with Gasteiger partial charge in [-0.15, -0.1) is 0 Å². The van der Waals surface area contributed by atoms with Crippen LogP contribution in [-0.4, -0.2) is 32.2 Å². The minimum absolute atomic E-state index is 0.330. The molecule has 0 amide bonds. The summed E-state index contributed by atoms with van der Waals surface area (Å²) >= 11 is 5.94. The lowest BCUT2D eigenvalue weighted by atomic mass is 10.1. The van der Waals surface area contributed by atoms with E-state index in [4.69, 9.17) is 16.3 Å². The lowest BCUT2D eigenvalue weighted by molar-refractivity contribution is 0.0602. The molecule has 1 aliphatic heterocycles. The lowest BCUT2D eigenvalue weighted by Crippen LogP contribution is -2.23. The number of benzene rings is 1. The van der Waals surface area contributed by atoms with Gasteiger partial charge >= 0.3 is 5.97 Å². The molecular formula is C12H15ClN2O2. The third-order valence-corrected chi connectivity index (χ3v) is 3.04.